The molecule has 1 rings (SSSR count). The van der Waals surface area contributed by atoms with Crippen LogP contribution < -0.4 is 5.73 Å². The van der Waals surface area contributed by atoms with E-state index < -0.39 is 0 Å². The van der Waals surface area contributed by atoms with Gasteiger partial charge < -0.3 is 5.73 Å². The lowest BCUT2D eigenvalue weighted by Crippen LogP contribution is -1.97. The molecule has 1 aromatic heterocycles. The van der Waals surface area contributed by atoms with Crippen LogP contribution in [0.15, 0.2) is 31.0 Å². The molecule has 0 bridgehead atoms. The number of nitrogens with two attached hydrogens (primary N) is 1. The average Bonchev–Trinajstić information content (AvgIpc) is 2.41. The van der Waals surface area contributed by atoms with E-state index in [1.165, 1.54) is 0 Å². The normalized spacial score (nSPS) is 10.8. The zero-order valence-electron chi connectivity index (χ0n) is 7.90. The summed E-state index contributed by atoms with van der Waals surface area (Å²) in [6.07, 6.45) is 8.56. The zero-order chi connectivity index (χ0) is 9.68. The van der Waals surface area contributed by atoms with Gasteiger partial charge in [-0.25, -0.2) is 0 Å². The Kier molecular flexibility index (Phi) is 3.31. The number of allylic oxidation sites excluding steroid dienone is 3. The molecular formula is C10H15N3. The molecule has 3 nitrogen and oxygen atoms in total. The Bertz CT molecular complexity index is 290. The van der Waals surface area contributed by atoms with Crippen molar-refractivity contribution in [2.24, 2.45) is 0 Å². The van der Waals surface area contributed by atoms with Crippen molar-refractivity contribution in [1.82, 2.24) is 9.78 Å². The molecule has 0 unspecified atom stereocenters. The molecule has 1 aromatic rings. The summed E-state index contributed by atoms with van der Waals surface area (Å²) in [5.74, 6) is 0. The first-order chi connectivity index (χ1) is 6.24. The molecule has 13 heavy (non-hydrogen) atoms. The van der Waals surface area contributed by atoms with E-state index in [1.807, 2.05) is 23.9 Å². The predicted octanol–water partition coefficient (Wildman–Crippen LogP) is 1.91. The van der Waals surface area contributed by atoms with Gasteiger partial charge in [-0.2, -0.15) is 5.10 Å². The van der Waals surface area contributed by atoms with Crippen LogP contribution >= 0.6 is 0 Å². The summed E-state index contributed by atoms with van der Waals surface area (Å²) in [5, 5.41) is 4.24. The van der Waals surface area contributed by atoms with Crippen LogP contribution in [0.4, 0.5) is 5.69 Å². The largest absolute Gasteiger partial charge is 0.396 e. The van der Waals surface area contributed by atoms with Gasteiger partial charge in [-0.15, -0.1) is 0 Å². The van der Waals surface area contributed by atoms with Crippen LogP contribution in [0.5, 0.6) is 0 Å². The first-order valence-electron chi connectivity index (χ1n) is 4.31. The molecule has 0 aromatic carbocycles. The minimum Gasteiger partial charge on any atom is -0.396 e. The summed E-state index contributed by atoms with van der Waals surface area (Å²) in [5.41, 5.74) is 7.31. The Hall–Kier alpha value is -1.51. The zero-order valence-corrected chi connectivity index (χ0v) is 7.90. The Balaban J connectivity index is 2.45. The molecule has 0 aliphatic heterocycles. The standard InChI is InChI=1S/C10H15N3/c1-3-4-5-6-7-13-8-10(11)9(2)12-13/h3-5,8H,1,6-7,11H2,2H3/b5-4+. The molecular weight excluding hydrogens is 162 g/mol. The number of hydrogen-bond acceptors (Lipinski definition) is 2. The van der Waals surface area contributed by atoms with Crippen LogP contribution in [0.2, 0.25) is 0 Å². The van der Waals surface area contributed by atoms with E-state index in [-0.39, 0.29) is 0 Å². The van der Waals surface area contributed by atoms with Gasteiger partial charge in [-0.05, 0) is 13.3 Å². The second-order valence-corrected chi connectivity index (χ2v) is 2.89. The summed E-state index contributed by atoms with van der Waals surface area (Å²) >= 11 is 0. The molecule has 0 atom stereocenters. The van der Waals surface area contributed by atoms with Crippen LogP contribution in [0.3, 0.4) is 0 Å². The molecule has 70 valence electrons. The lowest BCUT2D eigenvalue weighted by Gasteiger charge is -1.95. The van der Waals surface area contributed by atoms with E-state index in [0.29, 0.717) is 0 Å². The highest BCUT2D eigenvalue weighted by molar-refractivity contribution is 5.39. The molecule has 0 aliphatic rings. The van der Waals surface area contributed by atoms with Gasteiger partial charge in [0, 0.05) is 12.7 Å². The third-order valence-electron chi connectivity index (χ3n) is 1.78. The lowest BCUT2D eigenvalue weighted by molar-refractivity contribution is 0.618. The maximum atomic E-state index is 5.65. The Morgan fingerprint density at radius 3 is 3.00 bits per heavy atom. The van der Waals surface area contributed by atoms with Crippen molar-refractivity contribution >= 4 is 5.69 Å². The fourth-order valence-electron chi connectivity index (χ4n) is 1.05. The van der Waals surface area contributed by atoms with E-state index in [2.05, 4.69) is 17.8 Å². The van der Waals surface area contributed by atoms with E-state index in [0.717, 1.165) is 24.3 Å². The minimum atomic E-state index is 0.757. The van der Waals surface area contributed by atoms with Crippen LogP contribution in [0.1, 0.15) is 12.1 Å². The number of nitrogen functional groups attached to an aromatic ring is 1. The summed E-state index contributed by atoms with van der Waals surface area (Å²) in [7, 11) is 0. The maximum absolute atomic E-state index is 5.65. The molecule has 2 N–H and O–H groups in total. The smallest absolute Gasteiger partial charge is 0.0822 e. The Labute approximate surface area is 78.6 Å². The van der Waals surface area contributed by atoms with Gasteiger partial charge in [-0.1, -0.05) is 24.8 Å². The van der Waals surface area contributed by atoms with Crippen molar-refractivity contribution in [2.45, 2.75) is 19.9 Å². The van der Waals surface area contributed by atoms with Crippen LogP contribution in [-0.4, -0.2) is 9.78 Å². The molecule has 0 saturated heterocycles. The van der Waals surface area contributed by atoms with Gasteiger partial charge >= 0.3 is 0 Å². The molecule has 1 heterocycles. The monoisotopic (exact) mass is 177 g/mol. The van der Waals surface area contributed by atoms with Crippen molar-refractivity contribution in [3.8, 4) is 0 Å². The number of aryl methyl sites for hydroxylation is 2. The summed E-state index contributed by atoms with van der Waals surface area (Å²) < 4.78 is 1.86. The third-order valence-corrected chi connectivity index (χ3v) is 1.78. The number of aromatic nitrogens is 2. The number of nitrogens with zero attached hydrogens (tertiary/aromatic N) is 2. The highest BCUT2D eigenvalue weighted by Gasteiger charge is 1.98. The fourth-order valence-corrected chi connectivity index (χ4v) is 1.05. The van der Waals surface area contributed by atoms with Gasteiger partial charge in [0.05, 0.1) is 11.4 Å². The van der Waals surface area contributed by atoms with Gasteiger partial charge in [0.2, 0.25) is 0 Å². The summed E-state index contributed by atoms with van der Waals surface area (Å²) in [4.78, 5) is 0. The molecule has 0 saturated carbocycles. The van der Waals surface area contributed by atoms with Gasteiger partial charge in [-0.3, -0.25) is 4.68 Å². The maximum Gasteiger partial charge on any atom is 0.0822 e. The summed E-state index contributed by atoms with van der Waals surface area (Å²) in [6, 6.07) is 0. The third kappa shape index (κ3) is 2.78. The minimum absolute atomic E-state index is 0.757. The average molecular weight is 177 g/mol. The van der Waals surface area contributed by atoms with Crippen LogP contribution in [0.25, 0.3) is 0 Å². The molecule has 0 radical (unpaired) electrons. The Morgan fingerprint density at radius 2 is 2.46 bits per heavy atom. The van der Waals surface area contributed by atoms with Gasteiger partial charge in [0.1, 0.15) is 0 Å². The van der Waals surface area contributed by atoms with Crippen molar-refractivity contribution < 1.29 is 0 Å². The predicted molar refractivity (Wildman–Crippen MR) is 55.3 cm³/mol. The van der Waals surface area contributed by atoms with E-state index in [9.17, 15) is 0 Å². The molecule has 0 aliphatic carbocycles. The number of hydrogen-bond donors (Lipinski definition) is 1. The van der Waals surface area contributed by atoms with Crippen molar-refractivity contribution in [3.63, 3.8) is 0 Å². The number of rotatable bonds is 4. The van der Waals surface area contributed by atoms with Crippen molar-refractivity contribution in [2.75, 3.05) is 5.73 Å². The number of anilines is 1. The SMILES string of the molecule is C=C/C=C/CCn1cc(N)c(C)n1. The second-order valence-electron chi connectivity index (χ2n) is 2.89. The van der Waals surface area contributed by atoms with E-state index >= 15 is 0 Å². The highest BCUT2D eigenvalue weighted by atomic mass is 15.3. The van der Waals surface area contributed by atoms with Gasteiger partial charge in [0.25, 0.3) is 0 Å². The lowest BCUT2D eigenvalue weighted by atomic mass is 10.4. The van der Waals surface area contributed by atoms with Crippen molar-refractivity contribution in [3.05, 3.63) is 36.7 Å². The highest BCUT2D eigenvalue weighted by Crippen LogP contribution is 2.06. The first-order valence-corrected chi connectivity index (χ1v) is 4.31. The molecule has 0 amide bonds. The van der Waals surface area contributed by atoms with Crippen molar-refractivity contribution in [1.29, 1.82) is 0 Å². The fraction of sp³-hybridized carbons (Fsp3) is 0.300. The molecule has 0 fully saturated rings. The Morgan fingerprint density at radius 1 is 1.69 bits per heavy atom. The first kappa shape index (κ1) is 9.58. The second kappa shape index (κ2) is 4.50. The topological polar surface area (TPSA) is 43.8 Å². The molecule has 0 spiro atoms. The quantitative estimate of drug-likeness (QED) is 0.714. The van der Waals surface area contributed by atoms with Crippen LogP contribution in [-0.2, 0) is 6.54 Å². The van der Waals surface area contributed by atoms with E-state index in [4.69, 9.17) is 5.73 Å². The van der Waals surface area contributed by atoms with Gasteiger partial charge in [0.15, 0.2) is 0 Å². The van der Waals surface area contributed by atoms with E-state index in [1.54, 1.807) is 6.08 Å². The van der Waals surface area contributed by atoms with Crippen LogP contribution in [0, 0.1) is 6.92 Å². The molecule has 3 heteroatoms. The summed E-state index contributed by atoms with van der Waals surface area (Å²) in [6.45, 7) is 6.37.